The highest BCUT2D eigenvalue weighted by molar-refractivity contribution is 9.10. The van der Waals surface area contributed by atoms with Crippen LogP contribution in [0.4, 0.5) is 5.69 Å². The number of anilines is 1. The molecule has 2 aromatic carbocycles. The van der Waals surface area contributed by atoms with Crippen molar-refractivity contribution < 1.29 is 9.32 Å². The Hall–Kier alpha value is -2.05. The van der Waals surface area contributed by atoms with Gasteiger partial charge in [0.2, 0.25) is 0 Å². The van der Waals surface area contributed by atoms with Crippen molar-refractivity contribution in [2.75, 3.05) is 5.32 Å². The molecule has 134 valence electrons. The fourth-order valence-corrected chi connectivity index (χ4v) is 4.01. The van der Waals surface area contributed by atoms with Crippen molar-refractivity contribution in [2.24, 2.45) is 0 Å². The zero-order chi connectivity index (χ0) is 18.7. The van der Waals surface area contributed by atoms with Crippen molar-refractivity contribution in [3.05, 3.63) is 75.1 Å². The number of carbonyl (C=O) groups excluding carboxylic acids is 1. The molecule has 1 amide bonds. The number of hydrogen-bond donors (Lipinski definition) is 1. The van der Waals surface area contributed by atoms with Gasteiger partial charge in [-0.1, -0.05) is 33.2 Å². The molecule has 0 aliphatic rings. The number of halogens is 1. The van der Waals surface area contributed by atoms with Crippen LogP contribution in [-0.4, -0.2) is 11.1 Å². The summed E-state index contributed by atoms with van der Waals surface area (Å²) < 4.78 is 6.23. The van der Waals surface area contributed by atoms with E-state index in [1.54, 1.807) is 11.8 Å². The fraction of sp³-hybridized carbons (Fsp3) is 0.200. The van der Waals surface area contributed by atoms with E-state index in [4.69, 9.17) is 4.52 Å². The maximum Gasteiger partial charge on any atom is 0.256 e. The van der Waals surface area contributed by atoms with Crippen LogP contribution in [0.15, 0.2) is 56.4 Å². The van der Waals surface area contributed by atoms with Crippen molar-refractivity contribution >= 4 is 39.3 Å². The Morgan fingerprint density at radius 2 is 1.96 bits per heavy atom. The van der Waals surface area contributed by atoms with E-state index in [0.717, 1.165) is 37.6 Å². The predicted octanol–water partition coefficient (Wildman–Crippen LogP) is 5.91. The van der Waals surface area contributed by atoms with Gasteiger partial charge in [-0.2, -0.15) is 0 Å². The van der Waals surface area contributed by atoms with Crippen molar-refractivity contribution in [1.29, 1.82) is 0 Å². The number of hydrogen-bond acceptors (Lipinski definition) is 4. The Morgan fingerprint density at radius 3 is 2.65 bits per heavy atom. The van der Waals surface area contributed by atoms with Gasteiger partial charge in [0.05, 0.1) is 11.3 Å². The molecule has 0 bridgehead atoms. The smallest absolute Gasteiger partial charge is 0.256 e. The molecule has 6 heteroatoms. The molecule has 1 heterocycles. The highest BCUT2D eigenvalue weighted by Crippen LogP contribution is 2.29. The molecule has 0 saturated carbocycles. The van der Waals surface area contributed by atoms with Crippen molar-refractivity contribution in [3.63, 3.8) is 0 Å². The lowest BCUT2D eigenvalue weighted by Gasteiger charge is -2.11. The Kier molecular flexibility index (Phi) is 5.84. The number of aromatic nitrogens is 1. The molecule has 1 aromatic heterocycles. The number of nitrogens with zero attached hydrogens (tertiary/aromatic N) is 1. The number of aryl methyl sites for hydroxylation is 3. The van der Waals surface area contributed by atoms with Crippen molar-refractivity contribution in [1.82, 2.24) is 5.16 Å². The summed E-state index contributed by atoms with van der Waals surface area (Å²) >= 11 is 5.08. The van der Waals surface area contributed by atoms with Gasteiger partial charge in [-0.15, -0.1) is 11.8 Å². The number of amides is 1. The summed E-state index contributed by atoms with van der Waals surface area (Å²) in [6, 6.07) is 13.4. The zero-order valence-electron chi connectivity index (χ0n) is 14.8. The highest BCUT2D eigenvalue weighted by Gasteiger charge is 2.14. The molecule has 4 nitrogen and oxygen atoms in total. The molecule has 0 unspecified atom stereocenters. The minimum Gasteiger partial charge on any atom is -0.361 e. The van der Waals surface area contributed by atoms with Crippen molar-refractivity contribution in [3.8, 4) is 0 Å². The standard InChI is InChI=1S/C20H19BrN2O2S/c1-12-10-15(8-9-18(12)21)22-20(24)16-6-4-5-7-19(16)26-11-17-13(2)23-25-14(17)3/h4-10H,11H2,1-3H3,(H,22,24). The molecule has 26 heavy (non-hydrogen) atoms. The first-order valence-corrected chi connectivity index (χ1v) is 9.94. The zero-order valence-corrected chi connectivity index (χ0v) is 17.2. The molecular formula is C20H19BrN2O2S. The van der Waals surface area contributed by atoms with E-state index in [1.165, 1.54) is 0 Å². The number of nitrogens with one attached hydrogen (secondary N) is 1. The lowest BCUT2D eigenvalue weighted by Crippen LogP contribution is -2.13. The summed E-state index contributed by atoms with van der Waals surface area (Å²) in [5, 5.41) is 6.96. The molecule has 0 saturated heterocycles. The van der Waals surface area contributed by atoms with Crippen LogP contribution in [-0.2, 0) is 5.75 Å². The van der Waals surface area contributed by atoms with E-state index in [1.807, 2.05) is 63.2 Å². The van der Waals surface area contributed by atoms with Gasteiger partial charge in [-0.3, -0.25) is 4.79 Å². The Morgan fingerprint density at radius 1 is 1.19 bits per heavy atom. The monoisotopic (exact) mass is 430 g/mol. The summed E-state index contributed by atoms with van der Waals surface area (Å²) in [7, 11) is 0. The maximum atomic E-state index is 12.8. The summed E-state index contributed by atoms with van der Waals surface area (Å²) in [6.45, 7) is 5.83. The van der Waals surface area contributed by atoms with E-state index in [2.05, 4.69) is 26.4 Å². The van der Waals surface area contributed by atoms with Crippen LogP contribution in [0.5, 0.6) is 0 Å². The number of thioether (sulfide) groups is 1. The van der Waals surface area contributed by atoms with Gasteiger partial charge in [0.1, 0.15) is 5.76 Å². The van der Waals surface area contributed by atoms with Crippen molar-refractivity contribution in [2.45, 2.75) is 31.4 Å². The molecule has 0 aliphatic carbocycles. The van der Waals surface area contributed by atoms with Crippen LogP contribution in [0, 0.1) is 20.8 Å². The topological polar surface area (TPSA) is 55.1 Å². The second-order valence-electron chi connectivity index (χ2n) is 6.01. The molecule has 3 aromatic rings. The number of carbonyl (C=O) groups is 1. The lowest BCUT2D eigenvalue weighted by atomic mass is 10.2. The van der Waals surface area contributed by atoms with Gasteiger partial charge in [0.25, 0.3) is 5.91 Å². The molecule has 1 N–H and O–H groups in total. The summed E-state index contributed by atoms with van der Waals surface area (Å²) in [4.78, 5) is 13.7. The molecule has 0 spiro atoms. The molecule has 3 rings (SSSR count). The number of rotatable bonds is 5. The molecule has 0 radical (unpaired) electrons. The van der Waals surface area contributed by atoms with Crippen LogP contribution in [0.1, 0.15) is 32.9 Å². The van der Waals surface area contributed by atoms with Gasteiger partial charge in [0.15, 0.2) is 0 Å². The third-order valence-corrected chi connectivity index (χ3v) is 6.09. The molecular weight excluding hydrogens is 412 g/mol. The van der Waals surface area contributed by atoms with Crippen LogP contribution in [0.2, 0.25) is 0 Å². The minimum atomic E-state index is -0.117. The first-order chi connectivity index (χ1) is 12.5. The van der Waals surface area contributed by atoms with E-state index in [-0.39, 0.29) is 5.91 Å². The summed E-state index contributed by atoms with van der Waals surface area (Å²) in [6.07, 6.45) is 0. The van der Waals surface area contributed by atoms with E-state index >= 15 is 0 Å². The van der Waals surface area contributed by atoms with Gasteiger partial charge >= 0.3 is 0 Å². The van der Waals surface area contributed by atoms with Gasteiger partial charge < -0.3 is 9.84 Å². The third kappa shape index (κ3) is 4.19. The Balaban J connectivity index is 1.77. The quantitative estimate of drug-likeness (QED) is 0.511. The minimum absolute atomic E-state index is 0.117. The van der Waals surface area contributed by atoms with Crippen LogP contribution >= 0.6 is 27.7 Å². The largest absolute Gasteiger partial charge is 0.361 e. The normalized spacial score (nSPS) is 10.8. The predicted molar refractivity (Wildman–Crippen MR) is 109 cm³/mol. The second-order valence-corrected chi connectivity index (χ2v) is 7.88. The van der Waals surface area contributed by atoms with Gasteiger partial charge in [-0.25, -0.2) is 0 Å². The van der Waals surface area contributed by atoms with Gasteiger partial charge in [-0.05, 0) is 56.7 Å². The highest BCUT2D eigenvalue weighted by atomic mass is 79.9. The van der Waals surface area contributed by atoms with Crippen LogP contribution in [0.3, 0.4) is 0 Å². The van der Waals surface area contributed by atoms with Crippen LogP contribution in [0.25, 0.3) is 0 Å². The average molecular weight is 431 g/mol. The van der Waals surface area contributed by atoms with Crippen LogP contribution < -0.4 is 5.32 Å². The molecule has 0 atom stereocenters. The van der Waals surface area contributed by atoms with Gasteiger partial charge in [0, 0.05) is 26.4 Å². The summed E-state index contributed by atoms with van der Waals surface area (Å²) in [5.41, 5.74) is 4.48. The Labute approximate surface area is 165 Å². The second kappa shape index (κ2) is 8.10. The summed E-state index contributed by atoms with van der Waals surface area (Å²) in [5.74, 6) is 1.42. The van der Waals surface area contributed by atoms with E-state index in [9.17, 15) is 4.79 Å². The third-order valence-electron chi connectivity index (χ3n) is 4.10. The first kappa shape index (κ1) is 18.7. The fourth-order valence-electron chi connectivity index (χ4n) is 2.56. The Bertz CT molecular complexity index is 933. The number of benzene rings is 2. The molecule has 0 fully saturated rings. The maximum absolute atomic E-state index is 12.8. The molecule has 0 aliphatic heterocycles. The van der Waals surface area contributed by atoms with E-state index in [0.29, 0.717) is 11.3 Å². The first-order valence-electron chi connectivity index (χ1n) is 8.17. The SMILES string of the molecule is Cc1cc(NC(=O)c2ccccc2SCc2c(C)noc2C)ccc1Br. The average Bonchev–Trinajstić information content (AvgIpc) is 2.94. The van der Waals surface area contributed by atoms with E-state index < -0.39 is 0 Å². The lowest BCUT2D eigenvalue weighted by molar-refractivity contribution is 0.102.